The molecule has 0 bridgehead atoms. The second kappa shape index (κ2) is 11.2. The summed E-state index contributed by atoms with van der Waals surface area (Å²) in [6.07, 6.45) is 2.68. The van der Waals surface area contributed by atoms with E-state index in [-0.39, 0.29) is 10.8 Å². The third-order valence-electron chi connectivity index (χ3n) is 6.96. The molecule has 200 valence electrons. The van der Waals surface area contributed by atoms with E-state index in [9.17, 15) is 13.2 Å². The molecule has 0 radical (unpaired) electrons. The molecule has 0 aliphatic carbocycles. The normalized spacial score (nSPS) is 15.6. The Balaban J connectivity index is 1.44. The maximum atomic E-state index is 13.4. The van der Waals surface area contributed by atoms with Gasteiger partial charge >= 0.3 is 0 Å². The van der Waals surface area contributed by atoms with Crippen molar-refractivity contribution in [2.75, 3.05) is 32.0 Å². The molecule has 7 nitrogen and oxygen atoms in total. The Labute approximate surface area is 232 Å². The second-order valence-electron chi connectivity index (χ2n) is 9.66. The third kappa shape index (κ3) is 5.28. The monoisotopic (exact) mass is 569 g/mol. The summed E-state index contributed by atoms with van der Waals surface area (Å²) in [7, 11) is -1.40. The van der Waals surface area contributed by atoms with E-state index in [1.807, 2.05) is 32.0 Å². The van der Waals surface area contributed by atoms with Crippen LogP contribution in [0.25, 0.3) is 20.8 Å². The number of fused-ring (bicyclic) bond motifs is 2. The molecular weight excluding hydrogens is 537 g/mol. The van der Waals surface area contributed by atoms with Crippen molar-refractivity contribution in [2.45, 2.75) is 44.6 Å². The predicted molar refractivity (Wildman–Crippen MR) is 156 cm³/mol. The molecule has 1 amide bonds. The van der Waals surface area contributed by atoms with Crippen molar-refractivity contribution in [1.82, 2.24) is 9.29 Å². The van der Waals surface area contributed by atoms with Crippen LogP contribution in [0.2, 0.25) is 0 Å². The number of benzene rings is 2. The first-order chi connectivity index (χ1) is 18.3. The zero-order chi connectivity index (χ0) is 26.9. The Bertz CT molecular complexity index is 1520. The van der Waals surface area contributed by atoms with E-state index in [1.165, 1.54) is 31.8 Å². The van der Waals surface area contributed by atoms with Gasteiger partial charge in [0, 0.05) is 30.6 Å². The van der Waals surface area contributed by atoms with Crippen LogP contribution in [0, 0.1) is 0 Å². The molecule has 0 saturated heterocycles. The first-order valence-electron chi connectivity index (χ1n) is 13.0. The fraction of sp³-hybridized carbons (Fsp3) is 0.357. The van der Waals surface area contributed by atoms with E-state index < -0.39 is 10.0 Å². The molecule has 0 fully saturated rings. The number of para-hydroxylation sites is 1. The van der Waals surface area contributed by atoms with Crippen molar-refractivity contribution in [2.24, 2.45) is 0 Å². The van der Waals surface area contributed by atoms with Gasteiger partial charge in [0.2, 0.25) is 10.0 Å². The van der Waals surface area contributed by atoms with E-state index in [0.717, 1.165) is 58.1 Å². The first-order valence-corrected chi connectivity index (χ1v) is 16.1. The van der Waals surface area contributed by atoms with Gasteiger partial charge in [-0.2, -0.15) is 4.31 Å². The molecule has 0 spiro atoms. The number of anilines is 1. The summed E-state index contributed by atoms with van der Waals surface area (Å²) in [5, 5.41) is 4.87. The molecule has 10 heteroatoms. The molecule has 2 N–H and O–H groups in total. The first kappa shape index (κ1) is 27.0. The highest BCUT2D eigenvalue weighted by Gasteiger charge is 2.29. The number of rotatable bonds is 9. The van der Waals surface area contributed by atoms with Crippen LogP contribution < -0.4 is 10.2 Å². The lowest BCUT2D eigenvalue weighted by Gasteiger charge is -2.20. The summed E-state index contributed by atoms with van der Waals surface area (Å²) >= 11 is 3.27. The minimum atomic E-state index is -3.59. The summed E-state index contributed by atoms with van der Waals surface area (Å²) in [4.78, 5) is 21.2. The highest BCUT2D eigenvalue weighted by molar-refractivity contribution is 7.89. The largest absolute Gasteiger partial charge is 0.333 e. The van der Waals surface area contributed by atoms with Gasteiger partial charge in [0.05, 0.1) is 33.6 Å². The van der Waals surface area contributed by atoms with Gasteiger partial charge in [-0.3, -0.25) is 4.79 Å². The number of carbonyl (C=O) groups excluding carboxylic acids is 1. The highest BCUT2D eigenvalue weighted by atomic mass is 32.2. The minimum Gasteiger partial charge on any atom is -0.333 e. The average Bonchev–Trinajstić information content (AvgIpc) is 3.49. The molecule has 1 aliphatic heterocycles. The van der Waals surface area contributed by atoms with Gasteiger partial charge in [0.25, 0.3) is 5.91 Å². The van der Waals surface area contributed by atoms with E-state index in [4.69, 9.17) is 4.98 Å². The number of sulfonamides is 1. The summed E-state index contributed by atoms with van der Waals surface area (Å²) in [6, 6.07) is 14.4. The number of nitrogens with zero attached hydrogens (tertiary/aromatic N) is 2. The van der Waals surface area contributed by atoms with Crippen LogP contribution >= 0.6 is 22.7 Å². The number of amides is 1. The van der Waals surface area contributed by atoms with E-state index >= 15 is 0 Å². The van der Waals surface area contributed by atoms with Gasteiger partial charge in [0.15, 0.2) is 0 Å². The third-order valence-corrected chi connectivity index (χ3v) is 11.1. The van der Waals surface area contributed by atoms with E-state index in [0.29, 0.717) is 18.7 Å². The van der Waals surface area contributed by atoms with Crippen molar-refractivity contribution >= 4 is 53.8 Å². The van der Waals surface area contributed by atoms with Crippen molar-refractivity contribution in [3.05, 3.63) is 64.5 Å². The second-order valence-corrected chi connectivity index (χ2v) is 13.7. The molecule has 1 atom stereocenters. The number of carbonyl (C=O) groups is 1. The van der Waals surface area contributed by atoms with Crippen LogP contribution in [0.1, 0.15) is 47.5 Å². The Kier molecular flexibility index (Phi) is 7.97. The van der Waals surface area contributed by atoms with Crippen LogP contribution in [0.15, 0.2) is 53.4 Å². The van der Waals surface area contributed by atoms with E-state index in [2.05, 4.69) is 18.4 Å². The highest BCUT2D eigenvalue weighted by Crippen LogP contribution is 2.44. The van der Waals surface area contributed by atoms with Crippen LogP contribution in [-0.4, -0.2) is 50.3 Å². The Hall–Kier alpha value is -2.63. The van der Waals surface area contributed by atoms with Crippen molar-refractivity contribution in [3.63, 3.8) is 0 Å². The number of thiazole rings is 1. The quantitative estimate of drug-likeness (QED) is 0.307. The number of unbranched alkanes of at least 4 members (excludes halogenated alkanes) is 1. The molecule has 3 heterocycles. The molecule has 4 aromatic rings. The lowest BCUT2D eigenvalue weighted by atomic mass is 10.0. The molecule has 2 aromatic heterocycles. The molecular formula is C28H33N4O3S3+. The topological polar surface area (TPSA) is 83.8 Å². The number of hydrogen-bond acceptors (Lipinski definition) is 6. The standard InChI is InChI=1S/C28H32N4O3S3/c1-4-6-16-32(5-2)38(34,35)20-13-11-19(12-14-20)26(33)30-28-25(21-15-17-31(3)18-24(21)37-28)27-29-22-9-7-8-10-23(22)36-27/h7-14H,4-6,15-18H2,1-3H3,(H,30,33)/p+1. The van der Waals surface area contributed by atoms with Crippen LogP contribution in [-0.2, 0) is 23.0 Å². The number of nitrogens with one attached hydrogen (secondary N) is 2. The van der Waals surface area contributed by atoms with E-state index in [1.54, 1.807) is 34.8 Å². The predicted octanol–water partition coefficient (Wildman–Crippen LogP) is 4.66. The van der Waals surface area contributed by atoms with Gasteiger partial charge in [-0.25, -0.2) is 13.4 Å². The molecule has 1 unspecified atom stereocenters. The Morgan fingerprint density at radius 1 is 1.11 bits per heavy atom. The van der Waals surface area contributed by atoms with Crippen molar-refractivity contribution in [3.8, 4) is 10.6 Å². The number of likely N-dealkylation sites (N-methyl/N-ethyl adjacent to an activating group) is 1. The fourth-order valence-corrected chi connectivity index (χ4v) is 8.75. The number of aromatic nitrogens is 1. The van der Waals surface area contributed by atoms with Gasteiger partial charge in [-0.1, -0.05) is 32.4 Å². The zero-order valence-corrected chi connectivity index (χ0v) is 24.4. The summed E-state index contributed by atoms with van der Waals surface area (Å²) in [6.45, 7) is 6.76. The van der Waals surface area contributed by atoms with Crippen LogP contribution in [0.4, 0.5) is 5.00 Å². The van der Waals surface area contributed by atoms with Crippen LogP contribution in [0.3, 0.4) is 0 Å². The average molecular weight is 570 g/mol. The smallest absolute Gasteiger partial charge is 0.256 e. The van der Waals surface area contributed by atoms with Gasteiger partial charge in [0.1, 0.15) is 16.6 Å². The number of hydrogen-bond donors (Lipinski definition) is 2. The minimum absolute atomic E-state index is 0.208. The van der Waals surface area contributed by atoms with Crippen LogP contribution in [0.5, 0.6) is 0 Å². The van der Waals surface area contributed by atoms with Crippen molar-refractivity contribution < 1.29 is 18.1 Å². The summed E-state index contributed by atoms with van der Waals surface area (Å²) < 4.78 is 28.8. The summed E-state index contributed by atoms with van der Waals surface area (Å²) in [5.41, 5.74) is 3.69. The molecule has 2 aromatic carbocycles. The Morgan fingerprint density at radius 2 is 1.87 bits per heavy atom. The molecule has 1 aliphatic rings. The van der Waals surface area contributed by atoms with Crippen molar-refractivity contribution in [1.29, 1.82) is 0 Å². The number of thiophene rings is 1. The lowest BCUT2D eigenvalue weighted by molar-refractivity contribution is -0.895. The maximum Gasteiger partial charge on any atom is 0.256 e. The van der Waals surface area contributed by atoms with Gasteiger partial charge in [-0.05, 0) is 48.4 Å². The van der Waals surface area contributed by atoms with Gasteiger partial charge < -0.3 is 10.2 Å². The summed E-state index contributed by atoms with van der Waals surface area (Å²) in [5.74, 6) is -0.256. The zero-order valence-electron chi connectivity index (χ0n) is 21.9. The Morgan fingerprint density at radius 3 is 2.58 bits per heavy atom. The molecule has 5 rings (SSSR count). The number of quaternary nitrogens is 1. The fourth-order valence-electron chi connectivity index (χ4n) is 4.80. The lowest BCUT2D eigenvalue weighted by Crippen LogP contribution is -3.08. The molecule has 0 saturated carbocycles. The SMILES string of the molecule is CCCCN(CC)S(=O)(=O)c1ccc(C(=O)Nc2sc3c(c2-c2nc4ccccc4s2)CC[NH+](C)C3)cc1. The molecule has 38 heavy (non-hydrogen) atoms. The van der Waals surface area contributed by atoms with Gasteiger partial charge in [-0.15, -0.1) is 22.7 Å². The maximum absolute atomic E-state index is 13.4.